The third-order valence-corrected chi connectivity index (χ3v) is 4.24. The fourth-order valence-electron chi connectivity index (χ4n) is 2.29. The molecule has 1 nitrogen and oxygen atoms in total. The first kappa shape index (κ1) is 14.2. The first-order valence-corrected chi connectivity index (χ1v) is 7.01. The lowest BCUT2D eigenvalue weighted by atomic mass is 9.99. The van der Waals surface area contributed by atoms with Gasteiger partial charge in [0.05, 0.1) is 0 Å². The monoisotopic (exact) mass is 281 g/mol. The highest BCUT2D eigenvalue weighted by atomic mass is 32.1. The molecule has 1 atom stereocenters. The van der Waals surface area contributed by atoms with Crippen LogP contribution in [0.5, 0.6) is 0 Å². The predicted octanol–water partition coefficient (Wildman–Crippen LogP) is 4.15. The summed E-state index contributed by atoms with van der Waals surface area (Å²) in [6, 6.07) is 6.44. The average molecular weight is 281 g/mol. The van der Waals surface area contributed by atoms with Crippen molar-refractivity contribution in [1.82, 2.24) is 5.32 Å². The molecule has 0 aliphatic heterocycles. The normalized spacial score (nSPS) is 12.7. The van der Waals surface area contributed by atoms with E-state index in [1.807, 2.05) is 7.05 Å². The zero-order chi connectivity index (χ0) is 14.0. The van der Waals surface area contributed by atoms with Gasteiger partial charge in [-0.2, -0.15) is 0 Å². The van der Waals surface area contributed by atoms with Crippen LogP contribution in [0.15, 0.2) is 24.3 Å². The van der Waals surface area contributed by atoms with Crippen molar-refractivity contribution in [2.45, 2.75) is 26.3 Å². The molecule has 0 bridgehead atoms. The summed E-state index contributed by atoms with van der Waals surface area (Å²) in [6.45, 7) is 4.11. The molecule has 0 amide bonds. The van der Waals surface area contributed by atoms with Gasteiger partial charge in [0.2, 0.25) is 0 Å². The van der Waals surface area contributed by atoms with Crippen LogP contribution in [0.3, 0.4) is 0 Å². The SMILES string of the molecule is CNC(Cc1cccc(F)c1F)c1cc(C)sc1C. The number of likely N-dealkylation sites (N-methyl/N-ethyl adjacent to an activating group) is 1. The summed E-state index contributed by atoms with van der Waals surface area (Å²) in [7, 11) is 1.84. The molecule has 0 saturated heterocycles. The third kappa shape index (κ3) is 3.01. The quantitative estimate of drug-likeness (QED) is 0.888. The Balaban J connectivity index is 2.29. The molecule has 4 heteroatoms. The first-order valence-electron chi connectivity index (χ1n) is 6.20. The van der Waals surface area contributed by atoms with Crippen molar-refractivity contribution in [1.29, 1.82) is 0 Å². The van der Waals surface area contributed by atoms with Crippen LogP contribution in [-0.4, -0.2) is 7.05 Å². The zero-order valence-electron chi connectivity index (χ0n) is 11.3. The number of rotatable bonds is 4. The molecule has 1 aromatic heterocycles. The van der Waals surface area contributed by atoms with Crippen molar-refractivity contribution in [2.75, 3.05) is 7.05 Å². The van der Waals surface area contributed by atoms with Crippen LogP contribution in [0.1, 0.15) is 26.9 Å². The molecule has 19 heavy (non-hydrogen) atoms. The molecule has 1 N–H and O–H groups in total. The highest BCUT2D eigenvalue weighted by Crippen LogP contribution is 2.29. The largest absolute Gasteiger partial charge is 0.313 e. The number of aryl methyl sites for hydroxylation is 2. The molecular formula is C15H17F2NS. The molecule has 1 unspecified atom stereocenters. The van der Waals surface area contributed by atoms with E-state index >= 15 is 0 Å². The third-order valence-electron chi connectivity index (χ3n) is 3.26. The lowest BCUT2D eigenvalue weighted by Crippen LogP contribution is -2.19. The Labute approximate surface area is 116 Å². The highest BCUT2D eigenvalue weighted by Gasteiger charge is 2.17. The topological polar surface area (TPSA) is 12.0 Å². The summed E-state index contributed by atoms with van der Waals surface area (Å²) in [6.07, 6.45) is 0.442. The molecule has 0 aliphatic rings. The number of halogens is 2. The second-order valence-corrected chi connectivity index (χ2v) is 6.09. The van der Waals surface area contributed by atoms with Gasteiger partial charge in [-0.1, -0.05) is 12.1 Å². The van der Waals surface area contributed by atoms with Crippen LogP contribution in [0.25, 0.3) is 0 Å². The highest BCUT2D eigenvalue weighted by molar-refractivity contribution is 7.12. The molecular weight excluding hydrogens is 264 g/mol. The molecule has 2 aromatic rings. The van der Waals surface area contributed by atoms with Gasteiger partial charge >= 0.3 is 0 Å². The van der Waals surface area contributed by atoms with E-state index in [1.54, 1.807) is 23.5 Å². The number of hydrogen-bond donors (Lipinski definition) is 1. The van der Waals surface area contributed by atoms with Crippen molar-refractivity contribution in [2.24, 2.45) is 0 Å². The van der Waals surface area contributed by atoms with Crippen molar-refractivity contribution >= 4 is 11.3 Å². The minimum absolute atomic E-state index is 0.00116. The van der Waals surface area contributed by atoms with Crippen LogP contribution in [-0.2, 0) is 6.42 Å². The molecule has 0 radical (unpaired) electrons. The maximum atomic E-state index is 13.7. The van der Waals surface area contributed by atoms with E-state index in [0.717, 1.165) is 11.6 Å². The minimum Gasteiger partial charge on any atom is -0.313 e. The predicted molar refractivity (Wildman–Crippen MR) is 75.7 cm³/mol. The molecule has 0 spiro atoms. The number of thiophene rings is 1. The Kier molecular flexibility index (Phi) is 4.32. The van der Waals surface area contributed by atoms with Crippen LogP contribution in [0, 0.1) is 25.5 Å². The fraction of sp³-hybridized carbons (Fsp3) is 0.333. The van der Waals surface area contributed by atoms with E-state index in [0.29, 0.717) is 12.0 Å². The van der Waals surface area contributed by atoms with Gasteiger partial charge in [-0.3, -0.25) is 0 Å². The van der Waals surface area contributed by atoms with Crippen LogP contribution in [0.2, 0.25) is 0 Å². The number of benzene rings is 1. The van der Waals surface area contributed by atoms with Gasteiger partial charge in [0, 0.05) is 15.8 Å². The maximum Gasteiger partial charge on any atom is 0.162 e. The molecule has 1 heterocycles. The summed E-state index contributed by atoms with van der Waals surface area (Å²) in [5, 5.41) is 3.19. The molecule has 2 rings (SSSR count). The van der Waals surface area contributed by atoms with Crippen LogP contribution < -0.4 is 5.32 Å². The Hall–Kier alpha value is -1.26. The maximum absolute atomic E-state index is 13.7. The van der Waals surface area contributed by atoms with E-state index in [2.05, 4.69) is 25.2 Å². The van der Waals surface area contributed by atoms with Gasteiger partial charge in [0.1, 0.15) is 0 Å². The van der Waals surface area contributed by atoms with Crippen molar-refractivity contribution in [3.05, 3.63) is 56.8 Å². The number of nitrogens with one attached hydrogen (secondary N) is 1. The van der Waals surface area contributed by atoms with E-state index in [9.17, 15) is 8.78 Å². The summed E-state index contributed by atoms with van der Waals surface area (Å²) >= 11 is 1.72. The van der Waals surface area contributed by atoms with E-state index in [1.165, 1.54) is 9.75 Å². The van der Waals surface area contributed by atoms with Gasteiger partial charge < -0.3 is 5.32 Å². The van der Waals surface area contributed by atoms with Gasteiger partial charge in [0.15, 0.2) is 11.6 Å². The minimum atomic E-state index is -0.787. The summed E-state index contributed by atoms with van der Waals surface area (Å²) in [5.74, 6) is -1.53. The Bertz CT molecular complexity index is 578. The summed E-state index contributed by atoms with van der Waals surface area (Å²) < 4.78 is 26.9. The van der Waals surface area contributed by atoms with E-state index < -0.39 is 11.6 Å². The second kappa shape index (κ2) is 5.80. The average Bonchev–Trinajstić information content (AvgIpc) is 2.70. The Morgan fingerprint density at radius 1 is 1.26 bits per heavy atom. The van der Waals surface area contributed by atoms with Crippen molar-refractivity contribution in [3.63, 3.8) is 0 Å². The number of hydrogen-bond acceptors (Lipinski definition) is 2. The second-order valence-electron chi connectivity index (χ2n) is 4.63. The molecule has 0 saturated carbocycles. The molecule has 0 aliphatic carbocycles. The van der Waals surface area contributed by atoms with Crippen molar-refractivity contribution in [3.8, 4) is 0 Å². The van der Waals surface area contributed by atoms with Gasteiger partial charge in [0.25, 0.3) is 0 Å². The molecule has 0 fully saturated rings. The van der Waals surface area contributed by atoms with Crippen LogP contribution in [0.4, 0.5) is 8.78 Å². The first-order chi connectivity index (χ1) is 9.02. The standard InChI is InChI=1S/C15H17F2NS/c1-9-7-12(10(2)19-9)14(18-3)8-11-5-4-6-13(16)15(11)17/h4-7,14,18H,8H2,1-3H3. The zero-order valence-corrected chi connectivity index (χ0v) is 12.1. The molecule has 1 aromatic carbocycles. The van der Waals surface area contributed by atoms with Gasteiger partial charge in [-0.15, -0.1) is 11.3 Å². The van der Waals surface area contributed by atoms with Gasteiger partial charge in [-0.05, 0) is 50.6 Å². The van der Waals surface area contributed by atoms with Crippen LogP contribution >= 0.6 is 11.3 Å². The van der Waals surface area contributed by atoms with Crippen molar-refractivity contribution < 1.29 is 8.78 Å². The summed E-state index contributed by atoms with van der Waals surface area (Å²) in [4.78, 5) is 2.45. The summed E-state index contributed by atoms with van der Waals surface area (Å²) in [5.41, 5.74) is 1.57. The van der Waals surface area contributed by atoms with Gasteiger partial charge in [-0.25, -0.2) is 8.78 Å². The lowest BCUT2D eigenvalue weighted by Gasteiger charge is -2.17. The van der Waals surface area contributed by atoms with E-state index in [-0.39, 0.29) is 6.04 Å². The smallest absolute Gasteiger partial charge is 0.162 e. The fourth-order valence-corrected chi connectivity index (χ4v) is 3.28. The molecule has 102 valence electrons. The Morgan fingerprint density at radius 2 is 2.00 bits per heavy atom. The lowest BCUT2D eigenvalue weighted by molar-refractivity contribution is 0.487. The Morgan fingerprint density at radius 3 is 2.58 bits per heavy atom. The van der Waals surface area contributed by atoms with E-state index in [4.69, 9.17) is 0 Å².